The minimum absolute atomic E-state index is 0.00558. The van der Waals surface area contributed by atoms with Crippen molar-refractivity contribution < 1.29 is 35.8 Å². The highest BCUT2D eigenvalue weighted by molar-refractivity contribution is 6.36. The van der Waals surface area contributed by atoms with Gasteiger partial charge in [0.25, 0.3) is 5.92 Å². The molecule has 1 aliphatic carbocycles. The Balaban J connectivity index is 1.21. The summed E-state index contributed by atoms with van der Waals surface area (Å²) in [6, 6.07) is 0.756. The Morgan fingerprint density at radius 2 is 1.98 bits per heavy atom. The van der Waals surface area contributed by atoms with Crippen molar-refractivity contribution in [1.82, 2.24) is 25.2 Å². The van der Waals surface area contributed by atoms with Crippen LogP contribution in [-0.4, -0.2) is 82.3 Å². The number of benzene rings is 1. The van der Waals surface area contributed by atoms with Gasteiger partial charge in [0.1, 0.15) is 30.4 Å². The van der Waals surface area contributed by atoms with E-state index < -0.39 is 50.7 Å². The number of nitrogens with one attached hydrogen (secondary N) is 1. The molecule has 0 radical (unpaired) electrons. The molecule has 0 amide bonds. The van der Waals surface area contributed by atoms with Gasteiger partial charge in [0, 0.05) is 38.1 Å². The van der Waals surface area contributed by atoms with E-state index in [-0.39, 0.29) is 84.8 Å². The summed E-state index contributed by atoms with van der Waals surface area (Å²) in [6.45, 7) is 2.78. The zero-order valence-corrected chi connectivity index (χ0v) is 25.9. The summed E-state index contributed by atoms with van der Waals surface area (Å²) >= 11 is 6.79. The monoisotopic (exact) mass is 681 g/mol. The Hall–Kier alpha value is -3.30. The molecule has 1 aromatic carbocycles. The van der Waals surface area contributed by atoms with E-state index in [1.54, 1.807) is 0 Å². The number of aromatic nitrogens is 3. The zero-order chi connectivity index (χ0) is 32.8. The Kier molecular flexibility index (Phi) is 5.99. The number of halogens is 7. The van der Waals surface area contributed by atoms with Crippen LogP contribution in [0.2, 0.25) is 5.02 Å². The highest BCUT2D eigenvalue weighted by Gasteiger charge is 2.78. The number of piperazine rings is 1. The third kappa shape index (κ3) is 4.14. The molecule has 1 saturated carbocycles. The van der Waals surface area contributed by atoms with Crippen molar-refractivity contribution in [1.29, 1.82) is 0 Å². The van der Waals surface area contributed by atoms with Crippen molar-refractivity contribution in [2.75, 3.05) is 43.5 Å². The van der Waals surface area contributed by atoms with Crippen molar-refractivity contribution in [2.24, 2.45) is 5.41 Å². The molecule has 16 heteroatoms. The molecule has 5 unspecified atom stereocenters. The molecule has 7 heterocycles. The number of fused-ring (bicyclic) bond motifs is 6. The van der Waals surface area contributed by atoms with Crippen LogP contribution in [-0.2, 0) is 6.18 Å². The zero-order valence-electron chi connectivity index (χ0n) is 25.2. The second kappa shape index (κ2) is 9.44. The first kappa shape index (κ1) is 29.8. The summed E-state index contributed by atoms with van der Waals surface area (Å²) in [4.78, 5) is 17.1. The van der Waals surface area contributed by atoms with Crippen molar-refractivity contribution in [3.05, 3.63) is 28.0 Å². The minimum Gasteiger partial charge on any atom is -0.489 e. The van der Waals surface area contributed by atoms with Crippen LogP contribution in [0.5, 0.6) is 11.8 Å². The van der Waals surface area contributed by atoms with Crippen molar-refractivity contribution in [3.63, 3.8) is 0 Å². The summed E-state index contributed by atoms with van der Waals surface area (Å²) in [5, 5.41) is 3.28. The second-order valence-electron chi connectivity index (χ2n) is 14.1. The molecule has 2 aromatic heterocycles. The number of anilines is 2. The predicted octanol–water partition coefficient (Wildman–Crippen LogP) is 5.35. The van der Waals surface area contributed by atoms with Crippen LogP contribution in [0.1, 0.15) is 43.2 Å². The number of rotatable bonds is 4. The van der Waals surface area contributed by atoms with Gasteiger partial charge < -0.3 is 25.4 Å². The van der Waals surface area contributed by atoms with E-state index in [2.05, 4.69) is 15.3 Å². The summed E-state index contributed by atoms with van der Waals surface area (Å²) < 4.78 is 101. The normalized spacial score (nSPS) is 31.7. The van der Waals surface area contributed by atoms with E-state index in [0.717, 1.165) is 18.9 Å². The van der Waals surface area contributed by atoms with Gasteiger partial charge in [0.05, 0.1) is 44.2 Å². The largest absolute Gasteiger partial charge is 0.489 e. The topological polar surface area (TPSA) is 102 Å². The van der Waals surface area contributed by atoms with Gasteiger partial charge in [-0.25, -0.2) is 18.2 Å². The molecule has 4 saturated heterocycles. The lowest BCUT2D eigenvalue weighted by molar-refractivity contribution is -0.137. The summed E-state index contributed by atoms with van der Waals surface area (Å²) in [5.41, 5.74) is 0.977. The Labute approximate surface area is 269 Å². The Morgan fingerprint density at radius 1 is 1.19 bits per heavy atom. The molecule has 9 nitrogen and oxygen atoms in total. The SMILES string of the molecule is Cc1cc(N)nc(-c2c(Cl)c3c4c(nc(OCC56CCN5CC5(C6)CC5(F)F)nc4c2F)N2CC4CCC(N4)C2CO3)c1C(F)(F)F. The summed E-state index contributed by atoms with van der Waals surface area (Å²) in [5.74, 6) is -3.89. The van der Waals surface area contributed by atoms with Gasteiger partial charge in [0.2, 0.25) is 0 Å². The van der Waals surface area contributed by atoms with Gasteiger partial charge >= 0.3 is 12.2 Å². The molecular formula is C31H30ClF6N7O2. The van der Waals surface area contributed by atoms with Crippen LogP contribution < -0.4 is 25.4 Å². The predicted molar refractivity (Wildman–Crippen MR) is 159 cm³/mol. The lowest BCUT2D eigenvalue weighted by Crippen LogP contribution is -2.60. The van der Waals surface area contributed by atoms with Gasteiger partial charge in [-0.1, -0.05) is 11.6 Å². The molecule has 5 fully saturated rings. The van der Waals surface area contributed by atoms with Crippen LogP contribution in [0.15, 0.2) is 6.07 Å². The first-order valence-electron chi connectivity index (χ1n) is 15.7. The maximum absolute atomic E-state index is 16.9. The third-order valence-electron chi connectivity index (χ3n) is 11.3. The number of ether oxygens (including phenoxy) is 2. The quantitative estimate of drug-likeness (QED) is 0.353. The molecule has 6 aliphatic rings. The summed E-state index contributed by atoms with van der Waals surface area (Å²) in [6.07, 6.45) is -2.37. The van der Waals surface area contributed by atoms with Crippen LogP contribution >= 0.6 is 11.6 Å². The van der Waals surface area contributed by atoms with Gasteiger partial charge in [0.15, 0.2) is 11.6 Å². The van der Waals surface area contributed by atoms with Crippen LogP contribution in [0.3, 0.4) is 0 Å². The smallest absolute Gasteiger partial charge is 0.418 e. The van der Waals surface area contributed by atoms with Crippen molar-refractivity contribution in [3.8, 4) is 23.0 Å². The number of aryl methyl sites for hydroxylation is 1. The van der Waals surface area contributed by atoms with E-state index in [1.165, 1.54) is 6.92 Å². The molecule has 47 heavy (non-hydrogen) atoms. The van der Waals surface area contributed by atoms with E-state index in [4.69, 9.17) is 31.8 Å². The molecule has 3 N–H and O–H groups in total. The average molecular weight is 682 g/mol. The fourth-order valence-corrected chi connectivity index (χ4v) is 9.16. The Bertz CT molecular complexity index is 1880. The maximum Gasteiger partial charge on any atom is 0.418 e. The lowest BCUT2D eigenvalue weighted by atomic mass is 9.83. The van der Waals surface area contributed by atoms with Crippen LogP contribution in [0.25, 0.3) is 22.2 Å². The fourth-order valence-electron chi connectivity index (χ4n) is 8.84. The number of alkyl halides is 5. The minimum atomic E-state index is -4.92. The van der Waals surface area contributed by atoms with E-state index in [0.29, 0.717) is 25.3 Å². The Morgan fingerprint density at radius 3 is 2.68 bits per heavy atom. The van der Waals surface area contributed by atoms with E-state index >= 15 is 4.39 Å². The molecule has 2 bridgehead atoms. The molecule has 5 aliphatic heterocycles. The number of hydrogen-bond acceptors (Lipinski definition) is 9. The van der Waals surface area contributed by atoms with Crippen molar-refractivity contribution >= 4 is 34.1 Å². The maximum atomic E-state index is 16.9. The number of nitrogens with two attached hydrogens (primary N) is 1. The molecular weight excluding hydrogens is 652 g/mol. The van der Waals surface area contributed by atoms with E-state index in [9.17, 15) is 22.0 Å². The number of hydrogen-bond donors (Lipinski definition) is 2. The first-order valence-corrected chi connectivity index (χ1v) is 16.1. The highest BCUT2D eigenvalue weighted by atomic mass is 35.5. The second-order valence-corrected chi connectivity index (χ2v) is 14.4. The van der Waals surface area contributed by atoms with E-state index in [1.807, 2.05) is 9.80 Å². The van der Waals surface area contributed by atoms with Crippen LogP contribution in [0.4, 0.5) is 38.0 Å². The van der Waals surface area contributed by atoms with Gasteiger partial charge in [-0.3, -0.25) is 4.90 Å². The highest BCUT2D eigenvalue weighted by Crippen LogP contribution is 2.70. The molecule has 1 spiro atoms. The summed E-state index contributed by atoms with van der Waals surface area (Å²) in [7, 11) is 0. The average Bonchev–Trinajstić information content (AvgIpc) is 3.25. The van der Waals surface area contributed by atoms with Crippen LogP contribution in [0, 0.1) is 18.2 Å². The number of pyridine rings is 1. The standard InChI is InChI=1S/C31H30ClF6N7O2/c1-13-6-17(39)41-23(20(13)31(36,37)38)18-21(32)25-19-24(22(18)33)42-27(43-26(19)45-7-14-2-3-15(40-14)16(45)8-46-25)47-12-29-4-5-44(29)11-28(9-29)10-30(28,34)35/h6,14-16,40H,2-5,7-12H2,1H3,(H2,39,41). The van der Waals surface area contributed by atoms with Gasteiger partial charge in [-0.15, -0.1) is 0 Å². The molecule has 3 aromatic rings. The third-order valence-corrected chi connectivity index (χ3v) is 11.6. The van der Waals surface area contributed by atoms with Gasteiger partial charge in [-0.05, 0) is 44.2 Å². The fraction of sp³-hybridized carbons (Fsp3) is 0.581. The first-order chi connectivity index (χ1) is 22.2. The molecule has 250 valence electrons. The van der Waals surface area contributed by atoms with Crippen molar-refractivity contribution in [2.45, 2.75) is 74.8 Å². The molecule has 9 rings (SSSR count). The number of nitrogen functional groups attached to an aromatic ring is 1. The molecule has 5 atom stereocenters. The lowest BCUT2D eigenvalue weighted by Gasteiger charge is -2.47. The van der Waals surface area contributed by atoms with Gasteiger partial charge in [-0.2, -0.15) is 23.1 Å². The number of nitrogens with zero attached hydrogens (tertiary/aromatic N) is 5.